The van der Waals surface area contributed by atoms with Crippen molar-refractivity contribution in [1.29, 1.82) is 0 Å². The van der Waals surface area contributed by atoms with Crippen LogP contribution in [0.5, 0.6) is 0 Å². The van der Waals surface area contributed by atoms with Gasteiger partial charge in [-0.3, -0.25) is 9.59 Å². The maximum absolute atomic E-state index is 12.3. The molecule has 0 aromatic heterocycles. The van der Waals surface area contributed by atoms with Crippen molar-refractivity contribution in [2.75, 3.05) is 11.9 Å². The molecule has 5 heteroatoms. The van der Waals surface area contributed by atoms with Gasteiger partial charge in [-0.05, 0) is 51.3 Å². The number of ether oxygens (including phenoxy) is 1. The van der Waals surface area contributed by atoms with Gasteiger partial charge in [0.1, 0.15) is 5.76 Å². The molecule has 0 radical (unpaired) electrons. The van der Waals surface area contributed by atoms with Crippen LogP contribution < -0.4 is 5.32 Å². The second kappa shape index (κ2) is 7.99. The van der Waals surface area contributed by atoms with Gasteiger partial charge in [0.15, 0.2) is 0 Å². The van der Waals surface area contributed by atoms with Gasteiger partial charge < -0.3 is 15.0 Å². The monoisotopic (exact) mass is 330 g/mol. The van der Waals surface area contributed by atoms with Crippen molar-refractivity contribution in [2.45, 2.75) is 53.1 Å². The van der Waals surface area contributed by atoms with E-state index in [1.54, 1.807) is 11.8 Å². The summed E-state index contributed by atoms with van der Waals surface area (Å²) in [6, 6.07) is 7.76. The molecule has 1 aliphatic heterocycles. The van der Waals surface area contributed by atoms with Crippen LogP contribution in [-0.4, -0.2) is 29.4 Å². The molecule has 0 bridgehead atoms. The second-order valence-electron chi connectivity index (χ2n) is 6.38. The summed E-state index contributed by atoms with van der Waals surface area (Å²) in [6.07, 6.45) is 1.62. The van der Waals surface area contributed by atoms with E-state index in [0.717, 1.165) is 24.1 Å². The zero-order chi connectivity index (χ0) is 17.7. The molecule has 1 aromatic rings. The molecule has 5 nitrogen and oxygen atoms in total. The predicted octanol–water partition coefficient (Wildman–Crippen LogP) is 3.47. The zero-order valence-corrected chi connectivity index (χ0v) is 14.9. The topological polar surface area (TPSA) is 58.6 Å². The number of anilines is 1. The van der Waals surface area contributed by atoms with Crippen LogP contribution in [0, 0.1) is 0 Å². The van der Waals surface area contributed by atoms with Crippen molar-refractivity contribution in [3.63, 3.8) is 0 Å². The van der Waals surface area contributed by atoms with Crippen molar-refractivity contribution in [3.05, 3.63) is 41.2 Å². The highest BCUT2D eigenvalue weighted by molar-refractivity contribution is 6.04. The van der Waals surface area contributed by atoms with Gasteiger partial charge in [0.05, 0.1) is 12.2 Å². The number of nitrogens with zero attached hydrogens (tertiary/aromatic N) is 1. The lowest BCUT2D eigenvalue weighted by Gasteiger charge is -2.25. The highest BCUT2D eigenvalue weighted by Crippen LogP contribution is 2.21. The van der Waals surface area contributed by atoms with Crippen molar-refractivity contribution in [1.82, 2.24) is 4.90 Å². The van der Waals surface area contributed by atoms with Gasteiger partial charge in [-0.2, -0.15) is 0 Å². The molecule has 130 valence electrons. The Hall–Kier alpha value is -2.30. The molecular formula is C19H26N2O3. The molecule has 0 aliphatic carbocycles. The Morgan fingerprint density at radius 2 is 1.92 bits per heavy atom. The number of benzene rings is 1. The van der Waals surface area contributed by atoms with Crippen LogP contribution in [0.2, 0.25) is 0 Å². The summed E-state index contributed by atoms with van der Waals surface area (Å²) in [5, 5.41) is 2.91. The lowest BCUT2D eigenvalue weighted by Crippen LogP contribution is -2.34. The number of rotatable bonds is 5. The Morgan fingerprint density at radius 1 is 1.25 bits per heavy atom. The number of carbonyl (C=O) groups is 2. The Kier molecular flexibility index (Phi) is 6.01. The first-order valence-electron chi connectivity index (χ1n) is 8.38. The van der Waals surface area contributed by atoms with E-state index in [4.69, 9.17) is 4.74 Å². The Morgan fingerprint density at radius 3 is 2.46 bits per heavy atom. The fraction of sp³-hybridized carbons (Fsp3) is 0.474. The molecule has 0 saturated carbocycles. The van der Waals surface area contributed by atoms with Crippen LogP contribution in [0.3, 0.4) is 0 Å². The third-order valence-corrected chi connectivity index (χ3v) is 4.18. The first kappa shape index (κ1) is 18.0. The van der Waals surface area contributed by atoms with Gasteiger partial charge in [0.25, 0.3) is 5.91 Å². The number of amides is 2. The summed E-state index contributed by atoms with van der Waals surface area (Å²) in [4.78, 5) is 25.8. The zero-order valence-electron chi connectivity index (χ0n) is 14.9. The normalized spacial score (nSPS) is 14.4. The fourth-order valence-electron chi connectivity index (χ4n) is 2.77. The van der Waals surface area contributed by atoms with Gasteiger partial charge in [-0.15, -0.1) is 0 Å². The van der Waals surface area contributed by atoms with Crippen LogP contribution >= 0.6 is 0 Å². The molecule has 24 heavy (non-hydrogen) atoms. The molecule has 0 fully saturated rings. The number of nitrogens with one attached hydrogen (secondary N) is 1. The minimum atomic E-state index is -0.104. The maximum atomic E-state index is 12.3. The Bertz CT molecular complexity index is 633. The SMILES string of the molecule is CC(=O)N(Cc1ccc(NC(=O)C2=C(C)OCCC2)cc1)C(C)C. The molecule has 1 aliphatic rings. The van der Waals surface area contributed by atoms with E-state index in [2.05, 4.69) is 5.32 Å². The van der Waals surface area contributed by atoms with Gasteiger partial charge in [-0.25, -0.2) is 0 Å². The Balaban J connectivity index is 2.02. The first-order valence-corrected chi connectivity index (χ1v) is 8.38. The quantitative estimate of drug-likeness (QED) is 0.899. The fourth-order valence-corrected chi connectivity index (χ4v) is 2.77. The largest absolute Gasteiger partial charge is 0.498 e. The van der Waals surface area contributed by atoms with Crippen molar-refractivity contribution in [3.8, 4) is 0 Å². The molecule has 0 saturated heterocycles. The number of hydrogen-bond acceptors (Lipinski definition) is 3. The average molecular weight is 330 g/mol. The van der Waals surface area contributed by atoms with Crippen LogP contribution in [0.4, 0.5) is 5.69 Å². The van der Waals surface area contributed by atoms with Crippen LogP contribution in [0.1, 0.15) is 46.1 Å². The Labute approximate surface area is 143 Å². The van der Waals surface area contributed by atoms with E-state index in [1.165, 1.54) is 0 Å². The predicted molar refractivity (Wildman–Crippen MR) is 94.3 cm³/mol. The first-order chi connectivity index (χ1) is 11.4. The summed E-state index contributed by atoms with van der Waals surface area (Å²) >= 11 is 0. The molecule has 0 spiro atoms. The minimum absolute atomic E-state index is 0.0575. The standard InChI is InChI=1S/C19H26N2O3/c1-13(2)21(15(4)22)12-16-7-9-17(10-8-16)20-19(23)18-6-5-11-24-14(18)3/h7-10,13H,5-6,11-12H2,1-4H3,(H,20,23). The van der Waals surface area contributed by atoms with E-state index in [0.29, 0.717) is 24.5 Å². The van der Waals surface area contributed by atoms with Gasteiger partial charge in [0.2, 0.25) is 5.91 Å². The molecular weight excluding hydrogens is 304 g/mol. The van der Waals surface area contributed by atoms with Crippen LogP contribution in [0.15, 0.2) is 35.6 Å². The lowest BCUT2D eigenvalue weighted by molar-refractivity contribution is -0.131. The van der Waals surface area contributed by atoms with E-state index in [-0.39, 0.29) is 17.9 Å². The third kappa shape index (κ3) is 4.60. The smallest absolute Gasteiger partial charge is 0.254 e. The number of carbonyl (C=O) groups excluding carboxylic acids is 2. The second-order valence-corrected chi connectivity index (χ2v) is 6.38. The van der Waals surface area contributed by atoms with E-state index in [9.17, 15) is 9.59 Å². The molecule has 0 unspecified atom stereocenters. The molecule has 1 heterocycles. The number of hydrogen-bond donors (Lipinski definition) is 1. The maximum Gasteiger partial charge on any atom is 0.254 e. The molecule has 1 N–H and O–H groups in total. The number of allylic oxidation sites excluding steroid dienone is 1. The van der Waals surface area contributed by atoms with Gasteiger partial charge >= 0.3 is 0 Å². The molecule has 0 atom stereocenters. The minimum Gasteiger partial charge on any atom is -0.498 e. The van der Waals surface area contributed by atoms with Crippen LogP contribution in [0.25, 0.3) is 0 Å². The summed E-state index contributed by atoms with van der Waals surface area (Å²) in [7, 11) is 0. The summed E-state index contributed by atoms with van der Waals surface area (Å²) in [5.74, 6) is 0.666. The molecule has 2 amide bonds. The third-order valence-electron chi connectivity index (χ3n) is 4.18. The summed E-state index contributed by atoms with van der Waals surface area (Å²) in [6.45, 7) is 8.66. The van der Waals surface area contributed by atoms with Crippen molar-refractivity contribution in [2.24, 2.45) is 0 Å². The summed E-state index contributed by atoms with van der Waals surface area (Å²) in [5.41, 5.74) is 2.50. The van der Waals surface area contributed by atoms with Crippen LogP contribution in [-0.2, 0) is 20.9 Å². The summed E-state index contributed by atoms with van der Waals surface area (Å²) < 4.78 is 5.44. The van der Waals surface area contributed by atoms with E-state index in [1.807, 2.05) is 45.0 Å². The molecule has 1 aromatic carbocycles. The van der Waals surface area contributed by atoms with Crippen molar-refractivity contribution < 1.29 is 14.3 Å². The highest BCUT2D eigenvalue weighted by atomic mass is 16.5. The lowest BCUT2D eigenvalue weighted by atomic mass is 10.1. The van der Waals surface area contributed by atoms with E-state index < -0.39 is 0 Å². The molecule has 2 rings (SSSR count). The average Bonchev–Trinajstić information content (AvgIpc) is 2.53. The van der Waals surface area contributed by atoms with Crippen molar-refractivity contribution >= 4 is 17.5 Å². The van der Waals surface area contributed by atoms with Gasteiger partial charge in [-0.1, -0.05) is 12.1 Å². The highest BCUT2D eigenvalue weighted by Gasteiger charge is 2.18. The van der Waals surface area contributed by atoms with Gasteiger partial charge in [0, 0.05) is 25.2 Å². The van der Waals surface area contributed by atoms with E-state index >= 15 is 0 Å².